The maximum Gasteiger partial charge on any atom is 0.00132 e. The predicted octanol–water partition coefficient (Wildman–Crippen LogP) is 2.70. The fraction of sp³-hybridized carbons (Fsp3) is 1.00. The number of hydrogen-bond acceptors (Lipinski definition) is 2. The molecular formula is C15H30N2. The van der Waals surface area contributed by atoms with E-state index in [2.05, 4.69) is 30.6 Å². The summed E-state index contributed by atoms with van der Waals surface area (Å²) in [6.07, 6.45) is 4.26. The van der Waals surface area contributed by atoms with Crippen LogP contribution in [0.5, 0.6) is 0 Å². The van der Waals surface area contributed by atoms with Crippen LogP contribution in [-0.2, 0) is 0 Å². The molecule has 2 nitrogen and oxygen atoms in total. The fourth-order valence-electron chi connectivity index (χ4n) is 3.42. The van der Waals surface area contributed by atoms with Crippen LogP contribution in [-0.4, -0.2) is 49.1 Å². The van der Waals surface area contributed by atoms with Crippen molar-refractivity contribution in [3.63, 3.8) is 0 Å². The number of piperidine rings is 2. The maximum absolute atomic E-state index is 2.72. The molecule has 0 aromatic heterocycles. The first-order chi connectivity index (χ1) is 8.19. The van der Waals surface area contributed by atoms with Gasteiger partial charge in [-0.3, -0.25) is 0 Å². The third-order valence-electron chi connectivity index (χ3n) is 4.98. The molecule has 0 bridgehead atoms. The zero-order chi connectivity index (χ0) is 12.3. The second-order valence-electron chi connectivity index (χ2n) is 6.40. The van der Waals surface area contributed by atoms with E-state index < -0.39 is 0 Å². The van der Waals surface area contributed by atoms with Crippen molar-refractivity contribution >= 4 is 0 Å². The van der Waals surface area contributed by atoms with Gasteiger partial charge in [-0.15, -0.1) is 0 Å². The lowest BCUT2D eigenvalue weighted by molar-refractivity contribution is 0.0857. The molecule has 17 heavy (non-hydrogen) atoms. The van der Waals surface area contributed by atoms with Gasteiger partial charge in [0, 0.05) is 13.1 Å². The van der Waals surface area contributed by atoms with E-state index in [1.807, 2.05) is 0 Å². The maximum atomic E-state index is 2.72. The summed E-state index contributed by atoms with van der Waals surface area (Å²) in [6, 6.07) is 0. The van der Waals surface area contributed by atoms with Crippen molar-refractivity contribution in [2.45, 2.75) is 40.0 Å². The Morgan fingerprint density at radius 3 is 2.18 bits per heavy atom. The molecule has 0 amide bonds. The van der Waals surface area contributed by atoms with Gasteiger partial charge in [0.1, 0.15) is 0 Å². The third kappa shape index (κ3) is 3.69. The van der Waals surface area contributed by atoms with Gasteiger partial charge in [-0.05, 0) is 63.2 Å². The highest BCUT2D eigenvalue weighted by Gasteiger charge is 2.27. The summed E-state index contributed by atoms with van der Waals surface area (Å²) in [5, 5.41) is 0. The lowest BCUT2D eigenvalue weighted by Gasteiger charge is -2.40. The highest BCUT2D eigenvalue weighted by Crippen LogP contribution is 2.26. The molecule has 100 valence electrons. The van der Waals surface area contributed by atoms with E-state index in [1.54, 1.807) is 0 Å². The molecule has 2 aliphatic rings. The van der Waals surface area contributed by atoms with Crippen molar-refractivity contribution in [1.29, 1.82) is 0 Å². The van der Waals surface area contributed by atoms with Gasteiger partial charge in [-0.2, -0.15) is 0 Å². The Bertz CT molecular complexity index is 221. The van der Waals surface area contributed by atoms with E-state index in [-0.39, 0.29) is 0 Å². The summed E-state index contributed by atoms with van der Waals surface area (Å²) in [7, 11) is 0. The molecule has 2 rings (SSSR count). The Balaban J connectivity index is 1.75. The van der Waals surface area contributed by atoms with Crippen molar-refractivity contribution in [1.82, 2.24) is 9.80 Å². The van der Waals surface area contributed by atoms with Crippen molar-refractivity contribution in [2.24, 2.45) is 17.8 Å². The molecule has 2 heteroatoms. The topological polar surface area (TPSA) is 6.48 Å². The number of nitrogens with zero attached hydrogens (tertiary/aromatic N) is 2. The Morgan fingerprint density at radius 1 is 0.941 bits per heavy atom. The predicted molar refractivity (Wildman–Crippen MR) is 74.2 cm³/mol. The molecule has 2 saturated heterocycles. The molecule has 0 saturated carbocycles. The van der Waals surface area contributed by atoms with Gasteiger partial charge >= 0.3 is 0 Å². The zero-order valence-electron chi connectivity index (χ0n) is 12.0. The Hall–Kier alpha value is -0.0800. The van der Waals surface area contributed by atoms with E-state index in [9.17, 15) is 0 Å². The van der Waals surface area contributed by atoms with Crippen molar-refractivity contribution in [3.05, 3.63) is 0 Å². The quantitative estimate of drug-likeness (QED) is 0.746. The standard InChI is InChI=1S/C15H30N2/c1-4-16-10-7-15(14(3)11-16)12-17-8-5-13(2)6-9-17/h13-15H,4-12H2,1-3H3. The normalized spacial score (nSPS) is 34.1. The zero-order valence-corrected chi connectivity index (χ0v) is 12.0. The second-order valence-corrected chi connectivity index (χ2v) is 6.40. The van der Waals surface area contributed by atoms with Gasteiger partial charge < -0.3 is 9.80 Å². The van der Waals surface area contributed by atoms with Gasteiger partial charge in [0.25, 0.3) is 0 Å². The Morgan fingerprint density at radius 2 is 1.59 bits per heavy atom. The molecule has 2 fully saturated rings. The molecule has 2 atom stereocenters. The monoisotopic (exact) mass is 238 g/mol. The third-order valence-corrected chi connectivity index (χ3v) is 4.98. The van der Waals surface area contributed by atoms with E-state index in [0.717, 1.165) is 17.8 Å². The summed E-state index contributed by atoms with van der Waals surface area (Å²) in [6.45, 7) is 15.1. The van der Waals surface area contributed by atoms with Crippen molar-refractivity contribution < 1.29 is 0 Å². The summed E-state index contributed by atoms with van der Waals surface area (Å²) < 4.78 is 0. The van der Waals surface area contributed by atoms with Gasteiger partial charge in [-0.1, -0.05) is 20.8 Å². The van der Waals surface area contributed by atoms with Gasteiger partial charge in [0.2, 0.25) is 0 Å². The molecule has 0 aliphatic carbocycles. The summed E-state index contributed by atoms with van der Waals surface area (Å²) in [5.41, 5.74) is 0. The lowest BCUT2D eigenvalue weighted by Crippen LogP contribution is -2.45. The number of rotatable bonds is 3. The highest BCUT2D eigenvalue weighted by atomic mass is 15.2. The van der Waals surface area contributed by atoms with Crippen molar-refractivity contribution in [2.75, 3.05) is 39.3 Å². The van der Waals surface area contributed by atoms with E-state index in [1.165, 1.54) is 58.5 Å². The van der Waals surface area contributed by atoms with Crippen LogP contribution in [0.3, 0.4) is 0 Å². The molecule has 0 N–H and O–H groups in total. The van der Waals surface area contributed by atoms with Gasteiger partial charge in [0.05, 0.1) is 0 Å². The molecular weight excluding hydrogens is 208 g/mol. The first kappa shape index (κ1) is 13.4. The first-order valence-electron chi connectivity index (χ1n) is 7.63. The van der Waals surface area contributed by atoms with Crippen LogP contribution in [0.4, 0.5) is 0 Å². The molecule has 0 aromatic carbocycles. The van der Waals surface area contributed by atoms with E-state index >= 15 is 0 Å². The van der Waals surface area contributed by atoms with Crippen LogP contribution in [0.25, 0.3) is 0 Å². The second kappa shape index (κ2) is 6.19. The average Bonchev–Trinajstić information content (AvgIpc) is 2.34. The Kier molecular flexibility index (Phi) is 4.87. The van der Waals surface area contributed by atoms with E-state index in [0.29, 0.717) is 0 Å². The molecule has 0 radical (unpaired) electrons. The smallest absolute Gasteiger partial charge is 0.00132 e. The van der Waals surface area contributed by atoms with Crippen LogP contribution >= 0.6 is 0 Å². The molecule has 0 aromatic rings. The summed E-state index contributed by atoms with van der Waals surface area (Å²) in [5.74, 6) is 2.81. The van der Waals surface area contributed by atoms with Crippen LogP contribution in [0.1, 0.15) is 40.0 Å². The van der Waals surface area contributed by atoms with E-state index in [4.69, 9.17) is 0 Å². The van der Waals surface area contributed by atoms with Crippen LogP contribution in [0, 0.1) is 17.8 Å². The van der Waals surface area contributed by atoms with Gasteiger partial charge in [0.15, 0.2) is 0 Å². The van der Waals surface area contributed by atoms with Crippen LogP contribution in [0.15, 0.2) is 0 Å². The first-order valence-corrected chi connectivity index (χ1v) is 7.63. The van der Waals surface area contributed by atoms with Gasteiger partial charge in [-0.25, -0.2) is 0 Å². The van der Waals surface area contributed by atoms with Crippen LogP contribution < -0.4 is 0 Å². The summed E-state index contributed by atoms with van der Waals surface area (Å²) in [4.78, 5) is 5.34. The minimum Gasteiger partial charge on any atom is -0.303 e. The van der Waals surface area contributed by atoms with Crippen LogP contribution in [0.2, 0.25) is 0 Å². The minimum atomic E-state index is 0.892. The highest BCUT2D eigenvalue weighted by molar-refractivity contribution is 4.81. The molecule has 2 heterocycles. The molecule has 2 unspecified atom stereocenters. The SMILES string of the molecule is CCN1CCC(CN2CCC(C)CC2)C(C)C1. The number of hydrogen-bond donors (Lipinski definition) is 0. The van der Waals surface area contributed by atoms with Crippen molar-refractivity contribution in [3.8, 4) is 0 Å². The number of likely N-dealkylation sites (tertiary alicyclic amines) is 2. The molecule has 2 aliphatic heterocycles. The fourth-order valence-corrected chi connectivity index (χ4v) is 3.42. The summed E-state index contributed by atoms with van der Waals surface area (Å²) >= 11 is 0. The molecule has 0 spiro atoms. The Labute approximate surface area is 107 Å². The largest absolute Gasteiger partial charge is 0.303 e. The lowest BCUT2D eigenvalue weighted by atomic mass is 9.85. The minimum absolute atomic E-state index is 0.892. The average molecular weight is 238 g/mol.